The SMILES string of the molecule is NCc1ccc(OCCC2CC2)c([N+](=O)[O-])c1. The molecule has 5 heteroatoms. The Bertz CT molecular complexity index is 416. The Kier molecular flexibility index (Phi) is 3.58. The first-order valence-corrected chi connectivity index (χ1v) is 5.81. The molecule has 0 aliphatic heterocycles. The smallest absolute Gasteiger partial charge is 0.311 e. The molecule has 1 fully saturated rings. The van der Waals surface area contributed by atoms with Gasteiger partial charge in [-0.2, -0.15) is 0 Å². The second kappa shape index (κ2) is 5.14. The molecule has 0 amide bonds. The second-order valence-electron chi connectivity index (χ2n) is 4.34. The molecular weight excluding hydrogens is 220 g/mol. The van der Waals surface area contributed by atoms with Gasteiger partial charge in [0.15, 0.2) is 5.75 Å². The third-order valence-corrected chi connectivity index (χ3v) is 2.94. The van der Waals surface area contributed by atoms with Gasteiger partial charge in [0, 0.05) is 12.6 Å². The van der Waals surface area contributed by atoms with Gasteiger partial charge < -0.3 is 10.5 Å². The first kappa shape index (κ1) is 11.9. The van der Waals surface area contributed by atoms with E-state index in [1.54, 1.807) is 12.1 Å². The standard InChI is InChI=1S/C12H16N2O3/c13-8-10-3-4-12(11(7-10)14(15)16)17-6-5-9-1-2-9/h3-4,7,9H,1-2,5-6,8,13H2. The minimum atomic E-state index is -0.425. The lowest BCUT2D eigenvalue weighted by atomic mass is 10.2. The maximum absolute atomic E-state index is 10.9. The highest BCUT2D eigenvalue weighted by Gasteiger charge is 2.22. The van der Waals surface area contributed by atoms with E-state index >= 15 is 0 Å². The molecule has 0 saturated heterocycles. The number of benzene rings is 1. The average molecular weight is 236 g/mol. The fourth-order valence-electron chi connectivity index (χ4n) is 1.70. The van der Waals surface area contributed by atoms with Crippen molar-refractivity contribution < 1.29 is 9.66 Å². The van der Waals surface area contributed by atoms with E-state index in [2.05, 4.69) is 0 Å². The van der Waals surface area contributed by atoms with Crippen LogP contribution >= 0.6 is 0 Å². The summed E-state index contributed by atoms with van der Waals surface area (Å²) in [7, 11) is 0. The zero-order valence-corrected chi connectivity index (χ0v) is 9.59. The molecule has 92 valence electrons. The fourth-order valence-corrected chi connectivity index (χ4v) is 1.70. The van der Waals surface area contributed by atoms with Gasteiger partial charge in [0.05, 0.1) is 11.5 Å². The number of nitro benzene ring substituents is 1. The Morgan fingerprint density at radius 3 is 2.82 bits per heavy atom. The van der Waals surface area contributed by atoms with E-state index in [1.165, 1.54) is 18.9 Å². The molecule has 0 heterocycles. The summed E-state index contributed by atoms with van der Waals surface area (Å²) >= 11 is 0. The van der Waals surface area contributed by atoms with Crippen molar-refractivity contribution in [2.24, 2.45) is 11.7 Å². The van der Waals surface area contributed by atoms with Crippen LogP contribution < -0.4 is 10.5 Å². The number of hydrogen-bond acceptors (Lipinski definition) is 4. The molecule has 0 radical (unpaired) electrons. The van der Waals surface area contributed by atoms with Gasteiger partial charge in [0.1, 0.15) is 0 Å². The highest BCUT2D eigenvalue weighted by molar-refractivity contribution is 5.48. The highest BCUT2D eigenvalue weighted by Crippen LogP contribution is 2.33. The summed E-state index contributed by atoms with van der Waals surface area (Å²) in [4.78, 5) is 10.5. The third-order valence-electron chi connectivity index (χ3n) is 2.94. The second-order valence-corrected chi connectivity index (χ2v) is 4.34. The molecule has 1 aromatic rings. The average Bonchev–Trinajstić information content (AvgIpc) is 3.13. The Morgan fingerprint density at radius 1 is 1.47 bits per heavy atom. The molecule has 0 spiro atoms. The highest BCUT2D eigenvalue weighted by atomic mass is 16.6. The van der Waals surface area contributed by atoms with Crippen LogP contribution in [0.4, 0.5) is 5.69 Å². The van der Waals surface area contributed by atoms with Crippen molar-refractivity contribution in [3.05, 3.63) is 33.9 Å². The van der Waals surface area contributed by atoms with Crippen molar-refractivity contribution in [3.8, 4) is 5.75 Å². The molecule has 1 aliphatic carbocycles. The summed E-state index contributed by atoms with van der Waals surface area (Å²) < 4.78 is 5.47. The summed E-state index contributed by atoms with van der Waals surface area (Å²) in [5, 5.41) is 10.9. The lowest BCUT2D eigenvalue weighted by molar-refractivity contribution is -0.385. The van der Waals surface area contributed by atoms with E-state index in [9.17, 15) is 10.1 Å². The van der Waals surface area contributed by atoms with Gasteiger partial charge in [-0.1, -0.05) is 18.9 Å². The van der Waals surface area contributed by atoms with Gasteiger partial charge in [-0.15, -0.1) is 0 Å². The van der Waals surface area contributed by atoms with Crippen LogP contribution in [0.1, 0.15) is 24.8 Å². The first-order valence-electron chi connectivity index (χ1n) is 5.81. The Morgan fingerprint density at radius 2 is 2.24 bits per heavy atom. The van der Waals surface area contributed by atoms with Gasteiger partial charge in [-0.25, -0.2) is 0 Å². The minimum Gasteiger partial charge on any atom is -0.487 e. The summed E-state index contributed by atoms with van der Waals surface area (Å²) in [5.74, 6) is 1.10. The van der Waals surface area contributed by atoms with Crippen LogP contribution in [0.3, 0.4) is 0 Å². The Balaban J connectivity index is 2.04. The fraction of sp³-hybridized carbons (Fsp3) is 0.500. The van der Waals surface area contributed by atoms with Crippen molar-refractivity contribution in [3.63, 3.8) is 0 Å². The van der Waals surface area contributed by atoms with Gasteiger partial charge in [-0.05, 0) is 24.0 Å². The number of nitrogens with zero attached hydrogens (tertiary/aromatic N) is 1. The zero-order chi connectivity index (χ0) is 12.3. The first-order chi connectivity index (χ1) is 8.20. The maximum Gasteiger partial charge on any atom is 0.311 e. The molecule has 0 bridgehead atoms. The zero-order valence-electron chi connectivity index (χ0n) is 9.59. The number of nitro groups is 1. The molecule has 5 nitrogen and oxygen atoms in total. The number of hydrogen-bond donors (Lipinski definition) is 1. The maximum atomic E-state index is 10.9. The molecule has 0 unspecified atom stereocenters. The number of nitrogens with two attached hydrogens (primary N) is 1. The van der Waals surface area contributed by atoms with E-state index in [4.69, 9.17) is 10.5 Å². The van der Waals surface area contributed by atoms with Crippen LogP contribution in [0.15, 0.2) is 18.2 Å². The molecule has 1 aliphatic rings. The van der Waals surface area contributed by atoms with Crippen molar-refractivity contribution in [1.82, 2.24) is 0 Å². The van der Waals surface area contributed by atoms with E-state index in [1.807, 2.05) is 0 Å². The Hall–Kier alpha value is -1.62. The van der Waals surface area contributed by atoms with Gasteiger partial charge in [-0.3, -0.25) is 10.1 Å². The van der Waals surface area contributed by atoms with Crippen LogP contribution in [0.2, 0.25) is 0 Å². The molecule has 1 saturated carbocycles. The van der Waals surface area contributed by atoms with Crippen molar-refractivity contribution >= 4 is 5.69 Å². The third kappa shape index (κ3) is 3.17. The molecule has 0 atom stereocenters. The Labute approximate surface area is 99.7 Å². The molecule has 17 heavy (non-hydrogen) atoms. The van der Waals surface area contributed by atoms with Gasteiger partial charge in [0.25, 0.3) is 0 Å². The summed E-state index contributed by atoms with van der Waals surface area (Å²) in [6, 6.07) is 4.87. The van der Waals surface area contributed by atoms with Crippen molar-refractivity contribution in [1.29, 1.82) is 0 Å². The monoisotopic (exact) mass is 236 g/mol. The summed E-state index contributed by atoms with van der Waals surface area (Å²) in [6.07, 6.45) is 3.50. The van der Waals surface area contributed by atoms with Gasteiger partial charge in [0.2, 0.25) is 0 Å². The number of ether oxygens (including phenoxy) is 1. The van der Waals surface area contributed by atoms with Crippen LogP contribution in [0.5, 0.6) is 5.75 Å². The predicted molar refractivity (Wildman–Crippen MR) is 63.8 cm³/mol. The molecule has 0 aromatic heterocycles. The molecular formula is C12H16N2O3. The quantitative estimate of drug-likeness (QED) is 0.606. The van der Waals surface area contributed by atoms with Crippen LogP contribution in [0, 0.1) is 16.0 Å². The largest absolute Gasteiger partial charge is 0.487 e. The molecule has 1 aromatic carbocycles. The number of rotatable bonds is 6. The van der Waals surface area contributed by atoms with Crippen molar-refractivity contribution in [2.45, 2.75) is 25.8 Å². The molecule has 2 rings (SSSR count). The van der Waals surface area contributed by atoms with Crippen molar-refractivity contribution in [2.75, 3.05) is 6.61 Å². The van der Waals surface area contributed by atoms with E-state index in [0.29, 0.717) is 18.9 Å². The van der Waals surface area contributed by atoms with Crippen LogP contribution in [-0.2, 0) is 6.54 Å². The van der Waals surface area contributed by atoms with E-state index in [0.717, 1.165) is 17.9 Å². The predicted octanol–water partition coefficient (Wildman–Crippen LogP) is 2.23. The van der Waals surface area contributed by atoms with E-state index < -0.39 is 4.92 Å². The van der Waals surface area contributed by atoms with Gasteiger partial charge >= 0.3 is 5.69 Å². The summed E-state index contributed by atoms with van der Waals surface area (Å²) in [5.41, 5.74) is 6.20. The lowest BCUT2D eigenvalue weighted by Crippen LogP contribution is -2.03. The topological polar surface area (TPSA) is 78.4 Å². The summed E-state index contributed by atoms with van der Waals surface area (Å²) in [6.45, 7) is 0.844. The van der Waals surface area contributed by atoms with Crippen LogP contribution in [-0.4, -0.2) is 11.5 Å². The molecule has 2 N–H and O–H groups in total. The van der Waals surface area contributed by atoms with E-state index in [-0.39, 0.29) is 5.69 Å². The van der Waals surface area contributed by atoms with Crippen LogP contribution in [0.25, 0.3) is 0 Å². The lowest BCUT2D eigenvalue weighted by Gasteiger charge is -2.07. The normalized spacial score (nSPS) is 14.6. The minimum absolute atomic E-state index is 0.00347.